The Morgan fingerprint density at radius 1 is 0.963 bits per heavy atom. The SMILES string of the molecule is CCCCC[C@@H](O)/C=C/c1ccccc1/C=C/[C@@H](O)[C@@H](O)CCCC(C)=O. The fourth-order valence-electron chi connectivity index (χ4n) is 2.79. The summed E-state index contributed by atoms with van der Waals surface area (Å²) in [6.45, 7) is 3.66. The van der Waals surface area contributed by atoms with Crippen molar-refractivity contribution in [2.45, 2.75) is 77.1 Å². The van der Waals surface area contributed by atoms with E-state index in [0.29, 0.717) is 19.3 Å². The summed E-state index contributed by atoms with van der Waals surface area (Å²) in [7, 11) is 0. The van der Waals surface area contributed by atoms with Crippen molar-refractivity contribution in [3.05, 3.63) is 47.5 Å². The van der Waals surface area contributed by atoms with Crippen molar-refractivity contribution in [3.63, 3.8) is 0 Å². The fraction of sp³-hybridized carbons (Fsp3) is 0.522. The molecule has 3 atom stereocenters. The molecule has 0 saturated carbocycles. The molecule has 1 aromatic carbocycles. The number of unbranched alkanes of at least 4 members (excludes halogenated alkanes) is 2. The highest BCUT2D eigenvalue weighted by Gasteiger charge is 2.13. The summed E-state index contributed by atoms with van der Waals surface area (Å²) in [5.74, 6) is 0.0878. The number of Topliss-reactive ketones (excluding diaryl/α,β-unsaturated/α-hetero) is 1. The van der Waals surface area contributed by atoms with E-state index in [-0.39, 0.29) is 5.78 Å². The van der Waals surface area contributed by atoms with Gasteiger partial charge in [-0.3, -0.25) is 0 Å². The summed E-state index contributed by atoms with van der Waals surface area (Å²) in [5.41, 5.74) is 1.85. The highest BCUT2D eigenvalue weighted by atomic mass is 16.3. The maximum Gasteiger partial charge on any atom is 0.129 e. The zero-order chi connectivity index (χ0) is 20.1. The number of hydrogen-bond donors (Lipinski definition) is 3. The normalized spacial score (nSPS) is 15.3. The second kappa shape index (κ2) is 13.4. The van der Waals surface area contributed by atoms with E-state index < -0.39 is 18.3 Å². The van der Waals surface area contributed by atoms with Crippen LogP contribution in [0.5, 0.6) is 0 Å². The Morgan fingerprint density at radius 2 is 1.59 bits per heavy atom. The zero-order valence-corrected chi connectivity index (χ0v) is 16.6. The minimum absolute atomic E-state index is 0.0878. The molecule has 1 rings (SSSR count). The Morgan fingerprint density at radius 3 is 2.19 bits per heavy atom. The topological polar surface area (TPSA) is 77.8 Å². The average molecular weight is 375 g/mol. The van der Waals surface area contributed by atoms with Gasteiger partial charge in [0.15, 0.2) is 0 Å². The first kappa shape index (κ1) is 23.3. The third kappa shape index (κ3) is 10.2. The number of aliphatic hydroxyl groups excluding tert-OH is 3. The van der Waals surface area contributed by atoms with Crippen molar-refractivity contribution >= 4 is 17.9 Å². The molecule has 0 radical (unpaired) electrons. The van der Waals surface area contributed by atoms with Crippen molar-refractivity contribution in [1.82, 2.24) is 0 Å². The van der Waals surface area contributed by atoms with Crippen molar-refractivity contribution in [1.29, 1.82) is 0 Å². The number of carbonyl (C=O) groups is 1. The maximum absolute atomic E-state index is 10.9. The summed E-state index contributed by atoms with van der Waals surface area (Å²) >= 11 is 0. The molecule has 0 aromatic heterocycles. The average Bonchev–Trinajstić information content (AvgIpc) is 2.64. The predicted molar refractivity (Wildman–Crippen MR) is 111 cm³/mol. The molecule has 4 heteroatoms. The number of hydrogen-bond acceptors (Lipinski definition) is 4. The Kier molecular flexibility index (Phi) is 11.6. The molecule has 3 N–H and O–H groups in total. The summed E-state index contributed by atoms with van der Waals surface area (Å²) < 4.78 is 0. The predicted octanol–water partition coefficient (Wildman–Crippen LogP) is 4.14. The van der Waals surface area contributed by atoms with Gasteiger partial charge in [-0.1, -0.05) is 74.8 Å². The van der Waals surface area contributed by atoms with Crippen LogP contribution in [0.4, 0.5) is 0 Å². The summed E-state index contributed by atoms with van der Waals surface area (Å²) in [6, 6.07) is 7.71. The first-order valence-corrected chi connectivity index (χ1v) is 9.93. The molecular weight excluding hydrogens is 340 g/mol. The maximum atomic E-state index is 10.9. The van der Waals surface area contributed by atoms with Gasteiger partial charge in [-0.25, -0.2) is 0 Å². The molecule has 0 bridgehead atoms. The molecule has 27 heavy (non-hydrogen) atoms. The van der Waals surface area contributed by atoms with Gasteiger partial charge in [0.25, 0.3) is 0 Å². The van der Waals surface area contributed by atoms with E-state index in [9.17, 15) is 20.1 Å². The molecule has 0 amide bonds. The van der Waals surface area contributed by atoms with E-state index >= 15 is 0 Å². The smallest absolute Gasteiger partial charge is 0.129 e. The van der Waals surface area contributed by atoms with Gasteiger partial charge in [-0.2, -0.15) is 0 Å². The first-order chi connectivity index (χ1) is 12.9. The molecule has 0 spiro atoms. The van der Waals surface area contributed by atoms with Gasteiger partial charge in [-0.05, 0) is 37.3 Å². The lowest BCUT2D eigenvalue weighted by Gasteiger charge is -2.14. The lowest BCUT2D eigenvalue weighted by atomic mass is 10.0. The Hall–Kier alpha value is -1.75. The number of ketones is 1. The van der Waals surface area contributed by atoms with Gasteiger partial charge < -0.3 is 20.1 Å². The quantitative estimate of drug-likeness (QED) is 0.454. The molecule has 0 aliphatic rings. The van der Waals surface area contributed by atoms with Crippen LogP contribution in [-0.4, -0.2) is 39.4 Å². The molecule has 4 nitrogen and oxygen atoms in total. The summed E-state index contributed by atoms with van der Waals surface area (Å²) in [6.07, 6.45) is 10.1. The molecule has 0 fully saturated rings. The van der Waals surface area contributed by atoms with Crippen LogP contribution in [0.25, 0.3) is 12.2 Å². The lowest BCUT2D eigenvalue weighted by Crippen LogP contribution is -2.23. The summed E-state index contributed by atoms with van der Waals surface area (Å²) in [5, 5.41) is 30.1. The van der Waals surface area contributed by atoms with Crippen molar-refractivity contribution in [3.8, 4) is 0 Å². The van der Waals surface area contributed by atoms with Crippen molar-refractivity contribution < 1.29 is 20.1 Å². The van der Waals surface area contributed by atoms with E-state index in [2.05, 4.69) is 6.92 Å². The number of aliphatic hydroxyl groups is 3. The Balaban J connectivity index is 2.64. The van der Waals surface area contributed by atoms with Gasteiger partial charge in [0, 0.05) is 6.42 Å². The Labute approximate surface area is 163 Å². The fourth-order valence-corrected chi connectivity index (χ4v) is 2.79. The highest BCUT2D eigenvalue weighted by Crippen LogP contribution is 2.16. The van der Waals surface area contributed by atoms with Crippen LogP contribution in [0, 0.1) is 0 Å². The monoisotopic (exact) mass is 374 g/mol. The number of benzene rings is 1. The van der Waals surface area contributed by atoms with E-state index in [4.69, 9.17) is 0 Å². The van der Waals surface area contributed by atoms with E-state index in [1.165, 1.54) is 6.92 Å². The highest BCUT2D eigenvalue weighted by molar-refractivity contribution is 5.75. The largest absolute Gasteiger partial charge is 0.390 e. The number of carbonyl (C=O) groups excluding carboxylic acids is 1. The van der Waals surface area contributed by atoms with E-state index in [0.717, 1.165) is 36.8 Å². The van der Waals surface area contributed by atoms with Crippen LogP contribution < -0.4 is 0 Å². The second-order valence-electron chi connectivity index (χ2n) is 7.06. The number of rotatable bonds is 13. The van der Waals surface area contributed by atoms with E-state index in [1.54, 1.807) is 18.2 Å². The van der Waals surface area contributed by atoms with Crippen LogP contribution >= 0.6 is 0 Å². The molecule has 0 unspecified atom stereocenters. The Bertz CT molecular complexity index is 606. The third-order valence-corrected chi connectivity index (χ3v) is 4.49. The molecular formula is C23H34O4. The van der Waals surface area contributed by atoms with Crippen molar-refractivity contribution in [2.24, 2.45) is 0 Å². The molecule has 1 aromatic rings. The molecule has 0 saturated heterocycles. The van der Waals surface area contributed by atoms with Crippen LogP contribution in [0.3, 0.4) is 0 Å². The second-order valence-corrected chi connectivity index (χ2v) is 7.06. The minimum atomic E-state index is -0.978. The molecule has 150 valence electrons. The van der Waals surface area contributed by atoms with Crippen LogP contribution in [0.2, 0.25) is 0 Å². The minimum Gasteiger partial charge on any atom is -0.390 e. The van der Waals surface area contributed by atoms with Crippen LogP contribution in [-0.2, 0) is 4.79 Å². The first-order valence-electron chi connectivity index (χ1n) is 9.93. The lowest BCUT2D eigenvalue weighted by molar-refractivity contribution is -0.117. The van der Waals surface area contributed by atoms with Gasteiger partial charge >= 0.3 is 0 Å². The third-order valence-electron chi connectivity index (χ3n) is 4.49. The van der Waals surface area contributed by atoms with Crippen molar-refractivity contribution in [2.75, 3.05) is 0 Å². The molecule has 0 heterocycles. The van der Waals surface area contributed by atoms with Gasteiger partial charge in [0.05, 0.1) is 18.3 Å². The summed E-state index contributed by atoms with van der Waals surface area (Å²) in [4.78, 5) is 10.9. The standard InChI is InChI=1S/C23H34O4/c1-3-4-5-12-21(25)16-14-19-10-6-7-11-20(19)15-17-23(27)22(26)13-8-9-18(2)24/h6-7,10-11,14-17,21-23,25-27H,3-5,8-9,12-13H2,1-2H3/b16-14+,17-15+/t21-,22+,23-/m1/s1. The van der Waals surface area contributed by atoms with Gasteiger partial charge in [0.2, 0.25) is 0 Å². The van der Waals surface area contributed by atoms with Gasteiger partial charge in [0.1, 0.15) is 5.78 Å². The molecule has 0 aliphatic heterocycles. The van der Waals surface area contributed by atoms with E-state index in [1.807, 2.05) is 30.3 Å². The zero-order valence-electron chi connectivity index (χ0n) is 16.6. The van der Waals surface area contributed by atoms with Gasteiger partial charge in [-0.15, -0.1) is 0 Å². The van der Waals surface area contributed by atoms with Crippen LogP contribution in [0.15, 0.2) is 36.4 Å². The molecule has 0 aliphatic carbocycles. The van der Waals surface area contributed by atoms with Crippen LogP contribution in [0.1, 0.15) is 69.9 Å².